The Morgan fingerprint density at radius 2 is 2.25 bits per heavy atom. The summed E-state index contributed by atoms with van der Waals surface area (Å²) < 4.78 is 5.19. The van der Waals surface area contributed by atoms with Crippen LogP contribution < -0.4 is 5.32 Å². The van der Waals surface area contributed by atoms with Gasteiger partial charge in [-0.05, 0) is 12.8 Å². The Kier molecular flexibility index (Phi) is 5.01. The minimum atomic E-state index is -0.0126. The van der Waals surface area contributed by atoms with Gasteiger partial charge < -0.3 is 19.6 Å². The van der Waals surface area contributed by atoms with Crippen molar-refractivity contribution in [2.75, 3.05) is 26.2 Å². The predicted octanol–water partition coefficient (Wildman–Crippen LogP) is 1.14. The van der Waals surface area contributed by atoms with E-state index < -0.39 is 0 Å². The fourth-order valence-electron chi connectivity index (χ4n) is 3.25. The predicted molar refractivity (Wildman–Crippen MR) is 86.4 cm³/mol. The number of carbonyl (C=O) groups is 2. The normalized spacial score (nSPS) is 21.5. The van der Waals surface area contributed by atoms with Crippen LogP contribution in [0.5, 0.6) is 0 Å². The lowest BCUT2D eigenvalue weighted by atomic mass is 10.0. The van der Waals surface area contributed by atoms with Gasteiger partial charge in [0, 0.05) is 44.9 Å². The first-order valence-electron chi connectivity index (χ1n) is 8.69. The van der Waals surface area contributed by atoms with Crippen molar-refractivity contribution < 1.29 is 14.1 Å². The average molecular weight is 335 g/mol. The van der Waals surface area contributed by atoms with Gasteiger partial charge in [-0.1, -0.05) is 19.0 Å². The Labute approximate surface area is 141 Å². The Morgan fingerprint density at radius 1 is 1.42 bits per heavy atom. The molecule has 3 amide bonds. The number of piperidine rings is 1. The summed E-state index contributed by atoms with van der Waals surface area (Å²) in [6, 6.07) is 0.113. The van der Waals surface area contributed by atoms with Crippen LogP contribution >= 0.6 is 0 Å². The van der Waals surface area contributed by atoms with E-state index in [4.69, 9.17) is 4.52 Å². The third-order valence-electron chi connectivity index (χ3n) is 4.63. The van der Waals surface area contributed by atoms with Crippen LogP contribution in [-0.4, -0.2) is 64.1 Å². The number of urea groups is 1. The maximum Gasteiger partial charge on any atom is 0.317 e. The van der Waals surface area contributed by atoms with E-state index in [2.05, 4.69) is 15.5 Å². The number of nitrogens with zero attached hydrogens (tertiary/aromatic N) is 4. The van der Waals surface area contributed by atoms with Gasteiger partial charge >= 0.3 is 6.03 Å². The van der Waals surface area contributed by atoms with Gasteiger partial charge in [0.25, 0.3) is 0 Å². The van der Waals surface area contributed by atoms with E-state index in [0.717, 1.165) is 25.9 Å². The molecule has 0 aliphatic carbocycles. The summed E-state index contributed by atoms with van der Waals surface area (Å²) in [4.78, 5) is 32.3. The highest BCUT2D eigenvalue weighted by Crippen LogP contribution is 2.19. The van der Waals surface area contributed by atoms with Gasteiger partial charge in [-0.15, -0.1) is 0 Å². The summed E-state index contributed by atoms with van der Waals surface area (Å²) in [5, 5.41) is 6.74. The molecule has 1 atom stereocenters. The van der Waals surface area contributed by atoms with Gasteiger partial charge in [-0.3, -0.25) is 4.79 Å². The van der Waals surface area contributed by atoms with Crippen LogP contribution in [0.4, 0.5) is 4.79 Å². The van der Waals surface area contributed by atoms with Crippen molar-refractivity contribution in [3.05, 3.63) is 11.7 Å². The van der Waals surface area contributed by atoms with Crippen LogP contribution in [0.15, 0.2) is 4.52 Å². The van der Waals surface area contributed by atoms with E-state index >= 15 is 0 Å². The molecular formula is C16H25N5O3. The zero-order chi connectivity index (χ0) is 17.1. The van der Waals surface area contributed by atoms with Crippen LogP contribution in [0, 0.1) is 0 Å². The molecule has 0 saturated carbocycles. The first kappa shape index (κ1) is 16.7. The molecule has 0 unspecified atom stereocenters. The van der Waals surface area contributed by atoms with Gasteiger partial charge in [0.2, 0.25) is 11.8 Å². The molecule has 2 fully saturated rings. The molecule has 8 heteroatoms. The van der Waals surface area contributed by atoms with E-state index in [0.29, 0.717) is 37.6 Å². The zero-order valence-electron chi connectivity index (χ0n) is 14.3. The molecule has 3 rings (SSSR count). The average Bonchev–Trinajstić information content (AvgIpc) is 3.21. The largest absolute Gasteiger partial charge is 0.341 e. The minimum Gasteiger partial charge on any atom is -0.341 e. The molecule has 1 aromatic rings. The lowest BCUT2D eigenvalue weighted by Gasteiger charge is -2.37. The van der Waals surface area contributed by atoms with Crippen LogP contribution in [0.1, 0.15) is 50.7 Å². The highest BCUT2D eigenvalue weighted by molar-refractivity contribution is 5.78. The molecule has 2 aliphatic rings. The number of amides is 3. The van der Waals surface area contributed by atoms with Crippen molar-refractivity contribution in [3.8, 4) is 0 Å². The molecule has 1 N–H and O–H groups in total. The Hall–Kier alpha value is -2.12. The van der Waals surface area contributed by atoms with Crippen molar-refractivity contribution in [1.82, 2.24) is 25.3 Å². The van der Waals surface area contributed by atoms with Gasteiger partial charge in [0.15, 0.2) is 5.82 Å². The number of aromatic nitrogens is 2. The molecular weight excluding hydrogens is 310 g/mol. The number of nitrogens with one attached hydrogen (secondary N) is 1. The second-order valence-corrected chi connectivity index (χ2v) is 6.76. The monoisotopic (exact) mass is 335 g/mol. The molecule has 0 bridgehead atoms. The fraction of sp³-hybridized carbons (Fsp3) is 0.750. The minimum absolute atomic E-state index is 0.0126. The molecule has 0 aromatic carbocycles. The van der Waals surface area contributed by atoms with Crippen LogP contribution in [0.25, 0.3) is 0 Å². The summed E-state index contributed by atoms with van der Waals surface area (Å²) in [5.41, 5.74) is 0. The van der Waals surface area contributed by atoms with Crippen molar-refractivity contribution in [2.45, 2.75) is 51.5 Å². The van der Waals surface area contributed by atoms with Crippen molar-refractivity contribution in [1.29, 1.82) is 0 Å². The third kappa shape index (κ3) is 3.68. The lowest BCUT2D eigenvalue weighted by molar-refractivity contribution is -0.133. The zero-order valence-corrected chi connectivity index (χ0v) is 14.3. The molecule has 3 heterocycles. The summed E-state index contributed by atoms with van der Waals surface area (Å²) in [6.45, 7) is 6.80. The van der Waals surface area contributed by atoms with Gasteiger partial charge in [-0.25, -0.2) is 4.79 Å². The molecule has 132 valence electrons. The highest BCUT2D eigenvalue weighted by Gasteiger charge is 2.32. The van der Waals surface area contributed by atoms with Gasteiger partial charge in [0.1, 0.15) is 0 Å². The number of rotatable bonds is 5. The van der Waals surface area contributed by atoms with Gasteiger partial charge in [0.05, 0.1) is 6.04 Å². The molecule has 0 spiro atoms. The van der Waals surface area contributed by atoms with Crippen molar-refractivity contribution in [2.24, 2.45) is 0 Å². The number of likely N-dealkylation sites (tertiary alicyclic amines) is 1. The first-order chi connectivity index (χ1) is 11.5. The second-order valence-electron chi connectivity index (χ2n) is 6.76. The number of hydrogen-bond acceptors (Lipinski definition) is 5. The summed E-state index contributed by atoms with van der Waals surface area (Å²) in [6.07, 6.45) is 2.71. The van der Waals surface area contributed by atoms with E-state index in [9.17, 15) is 9.59 Å². The lowest BCUT2D eigenvalue weighted by Crippen LogP contribution is -2.50. The molecule has 2 aliphatic heterocycles. The van der Waals surface area contributed by atoms with Crippen LogP contribution in [-0.2, 0) is 11.2 Å². The SMILES string of the molecule is CC(C)c1noc(CCC(=O)N2CCC[C@H](N3CCNC3=O)C2)n1. The maximum atomic E-state index is 12.5. The van der Waals surface area contributed by atoms with Crippen molar-refractivity contribution >= 4 is 11.9 Å². The molecule has 2 saturated heterocycles. The summed E-state index contributed by atoms with van der Waals surface area (Å²) >= 11 is 0. The van der Waals surface area contributed by atoms with E-state index in [1.165, 1.54) is 0 Å². The molecule has 1 aromatic heterocycles. The third-order valence-corrected chi connectivity index (χ3v) is 4.63. The number of aryl methyl sites for hydroxylation is 1. The number of carbonyl (C=O) groups excluding carboxylic acids is 2. The topological polar surface area (TPSA) is 91.6 Å². The molecule has 0 radical (unpaired) electrons. The Balaban J connectivity index is 1.51. The Morgan fingerprint density at radius 3 is 2.92 bits per heavy atom. The Bertz CT molecular complexity index is 600. The summed E-state index contributed by atoms with van der Waals surface area (Å²) in [7, 11) is 0. The quantitative estimate of drug-likeness (QED) is 0.871. The van der Waals surface area contributed by atoms with Crippen molar-refractivity contribution in [3.63, 3.8) is 0 Å². The first-order valence-corrected chi connectivity index (χ1v) is 8.69. The van der Waals surface area contributed by atoms with Crippen LogP contribution in [0.2, 0.25) is 0 Å². The standard InChI is InChI=1S/C16H25N5O3/c1-11(2)15-18-13(24-19-15)5-6-14(22)20-8-3-4-12(10-20)21-9-7-17-16(21)23/h11-12H,3-10H2,1-2H3,(H,17,23)/t12-/m0/s1. The van der Waals surface area contributed by atoms with Gasteiger partial charge in [-0.2, -0.15) is 4.98 Å². The number of hydrogen-bond donors (Lipinski definition) is 1. The molecule has 24 heavy (non-hydrogen) atoms. The maximum absolute atomic E-state index is 12.5. The van der Waals surface area contributed by atoms with E-state index in [1.54, 1.807) is 0 Å². The highest BCUT2D eigenvalue weighted by atomic mass is 16.5. The van der Waals surface area contributed by atoms with E-state index in [1.807, 2.05) is 23.6 Å². The smallest absolute Gasteiger partial charge is 0.317 e. The van der Waals surface area contributed by atoms with E-state index in [-0.39, 0.29) is 23.9 Å². The fourth-order valence-corrected chi connectivity index (χ4v) is 3.25. The summed E-state index contributed by atoms with van der Waals surface area (Å²) in [5.74, 6) is 1.49. The van der Waals surface area contributed by atoms with Crippen LogP contribution in [0.3, 0.4) is 0 Å². The second kappa shape index (κ2) is 7.19. The molecule has 8 nitrogen and oxygen atoms in total.